The molecule has 11 heteroatoms. The Morgan fingerprint density at radius 2 is 1.53 bits per heavy atom. The molecule has 0 aliphatic rings. The lowest BCUT2D eigenvalue weighted by Crippen LogP contribution is -2.30. The third-order valence-corrected chi connectivity index (χ3v) is 7.68. The molecule has 9 nitrogen and oxygen atoms in total. The van der Waals surface area contributed by atoms with E-state index in [0.717, 1.165) is 0 Å². The van der Waals surface area contributed by atoms with Crippen LogP contribution < -0.4 is 14.8 Å². The highest BCUT2D eigenvalue weighted by atomic mass is 32.2. The average Bonchev–Trinajstić information content (AvgIpc) is 2.68. The van der Waals surface area contributed by atoms with Crippen LogP contribution in [0.2, 0.25) is 0 Å². The summed E-state index contributed by atoms with van der Waals surface area (Å²) in [5.41, 5.74) is 0.416. The number of anilines is 2. The second kappa shape index (κ2) is 9.45. The largest absolute Gasteiger partial charge is 0.495 e. The van der Waals surface area contributed by atoms with Gasteiger partial charge in [-0.2, -0.15) is 4.31 Å². The molecule has 30 heavy (non-hydrogen) atoms. The highest BCUT2D eigenvalue weighted by Crippen LogP contribution is 2.28. The van der Waals surface area contributed by atoms with Gasteiger partial charge in [-0.25, -0.2) is 16.8 Å². The number of amides is 1. The first kappa shape index (κ1) is 23.6. The molecular formula is C19H25N3O6S2. The average molecular weight is 456 g/mol. The molecule has 0 aromatic heterocycles. The smallest absolute Gasteiger partial charge is 0.261 e. The maximum atomic E-state index is 12.7. The minimum Gasteiger partial charge on any atom is -0.495 e. The number of hydrogen-bond acceptors (Lipinski definition) is 6. The lowest BCUT2D eigenvalue weighted by molar-refractivity contribution is -0.114. The van der Waals surface area contributed by atoms with Crippen LogP contribution in [0.1, 0.15) is 20.8 Å². The van der Waals surface area contributed by atoms with Crippen molar-refractivity contribution in [1.82, 2.24) is 4.31 Å². The van der Waals surface area contributed by atoms with Crippen LogP contribution in [0.4, 0.5) is 11.4 Å². The second-order valence-corrected chi connectivity index (χ2v) is 9.88. The summed E-state index contributed by atoms with van der Waals surface area (Å²) in [5.74, 6) is -0.0593. The van der Waals surface area contributed by atoms with Gasteiger partial charge in [-0.3, -0.25) is 9.52 Å². The Labute approximate surface area is 177 Å². The van der Waals surface area contributed by atoms with Crippen molar-refractivity contribution in [2.75, 3.05) is 30.2 Å². The summed E-state index contributed by atoms with van der Waals surface area (Å²) in [5, 5.41) is 2.52. The quantitative estimate of drug-likeness (QED) is 0.599. The molecule has 0 heterocycles. The van der Waals surface area contributed by atoms with Crippen molar-refractivity contribution in [1.29, 1.82) is 0 Å². The summed E-state index contributed by atoms with van der Waals surface area (Å²) in [6, 6.07) is 9.51. The molecule has 0 fully saturated rings. The van der Waals surface area contributed by atoms with Crippen LogP contribution in [0.3, 0.4) is 0 Å². The van der Waals surface area contributed by atoms with Crippen molar-refractivity contribution < 1.29 is 26.4 Å². The first-order valence-corrected chi connectivity index (χ1v) is 12.1. The van der Waals surface area contributed by atoms with Gasteiger partial charge in [0.1, 0.15) is 5.75 Å². The van der Waals surface area contributed by atoms with Gasteiger partial charge in [0.2, 0.25) is 15.9 Å². The molecule has 0 unspecified atom stereocenters. The number of carbonyl (C=O) groups is 1. The Kier molecular flexibility index (Phi) is 7.45. The van der Waals surface area contributed by atoms with E-state index in [-0.39, 0.29) is 27.1 Å². The van der Waals surface area contributed by atoms with Gasteiger partial charge >= 0.3 is 0 Å². The molecule has 0 bridgehead atoms. The number of carbonyl (C=O) groups excluding carboxylic acids is 1. The topological polar surface area (TPSA) is 122 Å². The fraction of sp³-hybridized carbons (Fsp3) is 0.316. The van der Waals surface area contributed by atoms with Gasteiger partial charge in [-0.1, -0.05) is 13.8 Å². The van der Waals surface area contributed by atoms with Crippen molar-refractivity contribution in [3.63, 3.8) is 0 Å². The Balaban J connectivity index is 2.31. The third kappa shape index (κ3) is 5.29. The van der Waals surface area contributed by atoms with Crippen LogP contribution >= 0.6 is 0 Å². The maximum absolute atomic E-state index is 12.7. The van der Waals surface area contributed by atoms with Crippen molar-refractivity contribution >= 4 is 37.3 Å². The number of nitrogens with one attached hydrogen (secondary N) is 2. The second-order valence-electron chi connectivity index (χ2n) is 6.26. The molecule has 0 aliphatic heterocycles. The van der Waals surface area contributed by atoms with E-state index in [1.54, 1.807) is 13.8 Å². The van der Waals surface area contributed by atoms with Gasteiger partial charge in [-0.05, 0) is 42.5 Å². The number of sulfonamides is 2. The zero-order valence-electron chi connectivity index (χ0n) is 17.2. The zero-order chi connectivity index (χ0) is 22.5. The molecule has 0 aliphatic carbocycles. The summed E-state index contributed by atoms with van der Waals surface area (Å²) in [7, 11) is -6.22. The summed E-state index contributed by atoms with van der Waals surface area (Å²) in [6.45, 7) is 5.45. The zero-order valence-corrected chi connectivity index (χ0v) is 18.8. The predicted molar refractivity (Wildman–Crippen MR) is 115 cm³/mol. The highest BCUT2D eigenvalue weighted by Gasteiger charge is 2.22. The van der Waals surface area contributed by atoms with Gasteiger partial charge in [-0.15, -0.1) is 0 Å². The van der Waals surface area contributed by atoms with E-state index in [1.807, 2.05) is 0 Å². The number of hydrogen-bond donors (Lipinski definition) is 2. The van der Waals surface area contributed by atoms with E-state index >= 15 is 0 Å². The Hall–Kier alpha value is -2.63. The summed E-state index contributed by atoms with van der Waals surface area (Å²) < 4.78 is 59.4. The summed E-state index contributed by atoms with van der Waals surface area (Å²) in [4.78, 5) is 11.3. The third-order valence-electron chi connectivity index (χ3n) is 4.24. The van der Waals surface area contributed by atoms with E-state index in [2.05, 4.69) is 10.0 Å². The van der Waals surface area contributed by atoms with E-state index in [1.165, 1.54) is 60.8 Å². The lowest BCUT2D eigenvalue weighted by Gasteiger charge is -2.18. The Bertz CT molecular complexity index is 1110. The van der Waals surface area contributed by atoms with Gasteiger partial charge in [0.15, 0.2) is 0 Å². The summed E-state index contributed by atoms with van der Waals surface area (Å²) >= 11 is 0. The van der Waals surface area contributed by atoms with Gasteiger partial charge in [0.05, 0.1) is 22.6 Å². The molecule has 0 atom stereocenters. The SMILES string of the molecule is CCN(CC)S(=O)(=O)c1ccc(NS(=O)(=O)c2ccc(OC)c(NC(C)=O)c2)cc1. The number of methoxy groups -OCH3 is 1. The molecule has 0 radical (unpaired) electrons. The fourth-order valence-corrected chi connectivity index (χ4v) is 5.31. The summed E-state index contributed by atoms with van der Waals surface area (Å²) in [6.07, 6.45) is 0. The molecule has 2 aromatic rings. The normalized spacial score (nSPS) is 11.9. The molecule has 2 N–H and O–H groups in total. The lowest BCUT2D eigenvalue weighted by atomic mass is 10.3. The molecular weight excluding hydrogens is 430 g/mol. The van der Waals surface area contributed by atoms with E-state index in [0.29, 0.717) is 18.8 Å². The van der Waals surface area contributed by atoms with Gasteiger partial charge < -0.3 is 10.1 Å². The standard InChI is InChI=1S/C19H25N3O6S2/c1-5-22(6-2)30(26,27)16-9-7-15(8-10-16)21-29(24,25)17-11-12-19(28-4)18(13-17)20-14(3)23/h7-13,21H,5-6H2,1-4H3,(H,20,23). The van der Waals surface area contributed by atoms with E-state index in [9.17, 15) is 21.6 Å². The van der Waals surface area contributed by atoms with Crippen LogP contribution in [0, 0.1) is 0 Å². The molecule has 1 amide bonds. The van der Waals surface area contributed by atoms with Crippen LogP contribution in [0.25, 0.3) is 0 Å². The number of nitrogens with zero attached hydrogens (tertiary/aromatic N) is 1. The van der Waals surface area contributed by atoms with Crippen molar-refractivity contribution in [3.05, 3.63) is 42.5 Å². The molecule has 2 aromatic carbocycles. The molecule has 164 valence electrons. The number of benzene rings is 2. The van der Waals surface area contributed by atoms with Crippen LogP contribution in [-0.4, -0.2) is 47.2 Å². The van der Waals surface area contributed by atoms with Crippen LogP contribution in [0.15, 0.2) is 52.3 Å². The monoisotopic (exact) mass is 455 g/mol. The predicted octanol–water partition coefficient (Wildman–Crippen LogP) is 2.48. The van der Waals surface area contributed by atoms with E-state index in [4.69, 9.17) is 4.74 Å². The van der Waals surface area contributed by atoms with Crippen molar-refractivity contribution in [2.24, 2.45) is 0 Å². The maximum Gasteiger partial charge on any atom is 0.261 e. The Morgan fingerprint density at radius 3 is 2.03 bits per heavy atom. The first-order valence-electron chi connectivity index (χ1n) is 9.13. The molecule has 0 saturated carbocycles. The van der Waals surface area contributed by atoms with Crippen LogP contribution in [0.5, 0.6) is 5.75 Å². The minimum atomic E-state index is -3.99. The first-order chi connectivity index (χ1) is 14.0. The number of rotatable bonds is 9. The highest BCUT2D eigenvalue weighted by molar-refractivity contribution is 7.92. The van der Waals surface area contributed by atoms with Gasteiger partial charge in [0, 0.05) is 25.7 Å². The Morgan fingerprint density at radius 1 is 0.967 bits per heavy atom. The minimum absolute atomic E-state index is 0.0755. The number of ether oxygens (including phenoxy) is 1. The van der Waals surface area contributed by atoms with E-state index < -0.39 is 20.0 Å². The molecule has 2 rings (SSSR count). The van der Waals surface area contributed by atoms with Crippen molar-refractivity contribution in [2.45, 2.75) is 30.6 Å². The van der Waals surface area contributed by atoms with Gasteiger partial charge in [0.25, 0.3) is 10.0 Å². The molecule has 0 spiro atoms. The van der Waals surface area contributed by atoms with Crippen molar-refractivity contribution in [3.8, 4) is 5.75 Å². The molecule has 0 saturated heterocycles. The van der Waals surface area contributed by atoms with Crippen LogP contribution in [-0.2, 0) is 24.8 Å². The fourth-order valence-electron chi connectivity index (χ4n) is 2.76.